The summed E-state index contributed by atoms with van der Waals surface area (Å²) in [5.74, 6) is 0.466. The zero-order valence-electron chi connectivity index (χ0n) is 12.0. The molecule has 2 rings (SSSR count). The molecule has 0 radical (unpaired) electrons. The van der Waals surface area contributed by atoms with E-state index in [2.05, 4.69) is 4.98 Å². The van der Waals surface area contributed by atoms with Gasteiger partial charge in [-0.1, -0.05) is 17.7 Å². The van der Waals surface area contributed by atoms with Crippen LogP contribution in [0.2, 0.25) is 5.15 Å². The SMILES string of the molecule is CCOc1nc(Cl)ccc1B1OC(C)(C)C(C)(C)O1. The van der Waals surface area contributed by atoms with E-state index in [4.69, 9.17) is 25.6 Å². The first kappa shape index (κ1) is 14.6. The molecule has 0 bridgehead atoms. The van der Waals surface area contributed by atoms with Crippen LogP contribution >= 0.6 is 11.6 Å². The Labute approximate surface area is 119 Å². The molecule has 0 unspecified atom stereocenters. The normalized spacial score (nSPS) is 20.6. The molecule has 0 aliphatic carbocycles. The summed E-state index contributed by atoms with van der Waals surface area (Å²) in [7, 11) is -0.490. The number of nitrogens with zero attached hydrogens (tertiary/aromatic N) is 1. The van der Waals surface area contributed by atoms with Crippen molar-refractivity contribution in [2.45, 2.75) is 45.8 Å². The van der Waals surface area contributed by atoms with E-state index in [1.54, 1.807) is 6.07 Å². The van der Waals surface area contributed by atoms with Gasteiger partial charge in [-0.05, 0) is 40.7 Å². The number of hydrogen-bond donors (Lipinski definition) is 0. The Morgan fingerprint density at radius 1 is 1.21 bits per heavy atom. The van der Waals surface area contributed by atoms with E-state index in [0.717, 1.165) is 5.46 Å². The molecule has 0 amide bonds. The third-order valence-electron chi connectivity index (χ3n) is 3.64. The van der Waals surface area contributed by atoms with Gasteiger partial charge in [0.25, 0.3) is 0 Å². The van der Waals surface area contributed by atoms with Crippen molar-refractivity contribution in [1.29, 1.82) is 0 Å². The maximum atomic E-state index is 5.99. The molecule has 1 saturated heterocycles. The summed E-state index contributed by atoms with van der Waals surface area (Å²) < 4.78 is 17.5. The standard InChI is InChI=1S/C13H19BClNO3/c1-6-17-11-9(7-8-10(15)16-11)14-18-12(2,3)13(4,5)19-14/h7-8H,6H2,1-5H3. The highest BCUT2D eigenvalue weighted by Gasteiger charge is 2.52. The second-order valence-electron chi connectivity index (χ2n) is 5.55. The van der Waals surface area contributed by atoms with Crippen LogP contribution in [0.5, 0.6) is 5.88 Å². The van der Waals surface area contributed by atoms with Gasteiger partial charge in [-0.2, -0.15) is 0 Å². The summed E-state index contributed by atoms with van der Waals surface area (Å²) in [5, 5.41) is 0.392. The highest BCUT2D eigenvalue weighted by molar-refractivity contribution is 6.63. The molecule has 1 aromatic rings. The van der Waals surface area contributed by atoms with Crippen molar-refractivity contribution in [2.24, 2.45) is 0 Å². The van der Waals surface area contributed by atoms with Crippen LogP contribution in [0.15, 0.2) is 12.1 Å². The second kappa shape index (κ2) is 4.96. The summed E-state index contributed by atoms with van der Waals surface area (Å²) in [6.45, 7) is 10.5. The van der Waals surface area contributed by atoms with Crippen LogP contribution in [0.1, 0.15) is 34.6 Å². The van der Waals surface area contributed by atoms with Crippen molar-refractivity contribution >= 4 is 24.2 Å². The number of rotatable bonds is 3. The lowest BCUT2D eigenvalue weighted by molar-refractivity contribution is 0.00578. The first-order valence-electron chi connectivity index (χ1n) is 6.42. The lowest BCUT2D eigenvalue weighted by Crippen LogP contribution is -2.41. The number of ether oxygens (including phenoxy) is 1. The number of hydrogen-bond acceptors (Lipinski definition) is 4. The molecular weight excluding hydrogens is 264 g/mol. The average molecular weight is 284 g/mol. The summed E-state index contributed by atoms with van der Waals surface area (Å²) >= 11 is 5.90. The van der Waals surface area contributed by atoms with Gasteiger partial charge in [-0.3, -0.25) is 0 Å². The molecule has 104 valence electrons. The molecule has 19 heavy (non-hydrogen) atoms. The average Bonchev–Trinajstić information content (AvgIpc) is 2.48. The van der Waals surface area contributed by atoms with Crippen molar-refractivity contribution in [2.75, 3.05) is 6.61 Å². The minimum absolute atomic E-state index is 0.388. The van der Waals surface area contributed by atoms with Gasteiger partial charge in [0, 0.05) is 5.46 Å². The van der Waals surface area contributed by atoms with E-state index in [1.807, 2.05) is 40.7 Å². The van der Waals surface area contributed by atoms with Gasteiger partial charge in [-0.25, -0.2) is 4.98 Å². The Morgan fingerprint density at radius 3 is 2.32 bits per heavy atom. The van der Waals surface area contributed by atoms with E-state index in [-0.39, 0.29) is 11.2 Å². The highest BCUT2D eigenvalue weighted by atomic mass is 35.5. The molecule has 1 fully saturated rings. The van der Waals surface area contributed by atoms with Crippen LogP contribution in [0.3, 0.4) is 0 Å². The summed E-state index contributed by atoms with van der Waals surface area (Å²) in [4.78, 5) is 4.19. The van der Waals surface area contributed by atoms with Crippen molar-refractivity contribution in [3.05, 3.63) is 17.3 Å². The Hall–Kier alpha value is -0.775. The van der Waals surface area contributed by atoms with Gasteiger partial charge in [0.2, 0.25) is 5.88 Å². The molecule has 1 aromatic heterocycles. The third kappa shape index (κ3) is 2.73. The Kier molecular flexibility index (Phi) is 3.82. The topological polar surface area (TPSA) is 40.6 Å². The fourth-order valence-corrected chi connectivity index (χ4v) is 1.97. The molecule has 0 atom stereocenters. The third-order valence-corrected chi connectivity index (χ3v) is 3.85. The van der Waals surface area contributed by atoms with Gasteiger partial charge in [-0.15, -0.1) is 0 Å². The molecule has 0 spiro atoms. The predicted molar refractivity (Wildman–Crippen MR) is 76.1 cm³/mol. The molecule has 6 heteroatoms. The van der Waals surface area contributed by atoms with Crippen LogP contribution < -0.4 is 10.2 Å². The zero-order valence-corrected chi connectivity index (χ0v) is 12.7. The van der Waals surface area contributed by atoms with E-state index in [1.165, 1.54) is 0 Å². The Bertz CT molecular complexity index is 463. The summed E-state index contributed by atoms with van der Waals surface area (Å²) in [6.07, 6.45) is 0. The monoisotopic (exact) mass is 283 g/mol. The van der Waals surface area contributed by atoms with Crippen LogP contribution in [0, 0.1) is 0 Å². The molecular formula is C13H19BClNO3. The van der Waals surface area contributed by atoms with Gasteiger partial charge in [0.05, 0.1) is 17.8 Å². The second-order valence-corrected chi connectivity index (χ2v) is 5.94. The lowest BCUT2D eigenvalue weighted by Gasteiger charge is -2.32. The van der Waals surface area contributed by atoms with Gasteiger partial charge in [0.1, 0.15) is 5.15 Å². The van der Waals surface area contributed by atoms with Crippen LogP contribution in [-0.2, 0) is 9.31 Å². The zero-order chi connectivity index (χ0) is 14.3. The molecule has 2 heterocycles. The lowest BCUT2D eigenvalue weighted by atomic mass is 9.80. The Morgan fingerprint density at radius 2 is 1.79 bits per heavy atom. The van der Waals surface area contributed by atoms with E-state index < -0.39 is 7.12 Å². The van der Waals surface area contributed by atoms with E-state index >= 15 is 0 Å². The molecule has 1 aliphatic rings. The van der Waals surface area contributed by atoms with Crippen LogP contribution in [0.25, 0.3) is 0 Å². The van der Waals surface area contributed by atoms with Crippen molar-refractivity contribution in [3.63, 3.8) is 0 Å². The summed E-state index contributed by atoms with van der Waals surface area (Å²) in [6, 6.07) is 3.55. The fraction of sp³-hybridized carbons (Fsp3) is 0.615. The van der Waals surface area contributed by atoms with E-state index in [0.29, 0.717) is 17.6 Å². The molecule has 1 aliphatic heterocycles. The van der Waals surface area contributed by atoms with Gasteiger partial charge >= 0.3 is 7.12 Å². The molecule has 0 saturated carbocycles. The minimum Gasteiger partial charge on any atom is -0.478 e. The smallest absolute Gasteiger partial charge is 0.478 e. The first-order valence-corrected chi connectivity index (χ1v) is 6.79. The maximum absolute atomic E-state index is 5.99. The fourth-order valence-electron chi connectivity index (χ4n) is 1.83. The summed E-state index contributed by atoms with van der Waals surface area (Å²) in [5.41, 5.74) is -0.00779. The Balaban J connectivity index is 2.34. The largest absolute Gasteiger partial charge is 0.500 e. The van der Waals surface area contributed by atoms with Crippen LogP contribution in [0.4, 0.5) is 0 Å². The number of aromatic nitrogens is 1. The number of halogens is 1. The quantitative estimate of drug-likeness (QED) is 0.631. The molecule has 4 nitrogen and oxygen atoms in total. The highest BCUT2D eigenvalue weighted by Crippen LogP contribution is 2.37. The van der Waals surface area contributed by atoms with Gasteiger partial charge < -0.3 is 14.0 Å². The maximum Gasteiger partial charge on any atom is 0.500 e. The van der Waals surface area contributed by atoms with Crippen LogP contribution in [-0.4, -0.2) is 29.9 Å². The minimum atomic E-state index is -0.490. The molecule has 0 aromatic carbocycles. The predicted octanol–water partition coefficient (Wildman–Crippen LogP) is 2.43. The first-order chi connectivity index (χ1) is 8.77. The van der Waals surface area contributed by atoms with Crippen molar-refractivity contribution in [1.82, 2.24) is 4.98 Å². The van der Waals surface area contributed by atoms with Gasteiger partial charge in [0.15, 0.2) is 0 Å². The van der Waals surface area contributed by atoms with Crippen molar-refractivity contribution in [3.8, 4) is 5.88 Å². The van der Waals surface area contributed by atoms with E-state index in [9.17, 15) is 0 Å². The number of pyridine rings is 1. The van der Waals surface area contributed by atoms with Crippen molar-refractivity contribution < 1.29 is 14.0 Å². The molecule has 0 N–H and O–H groups in total.